The average molecular weight is 1710 g/mol. The summed E-state index contributed by atoms with van der Waals surface area (Å²) in [6.45, 7) is 12.1. The van der Waals surface area contributed by atoms with Crippen molar-refractivity contribution in [2.45, 2.75) is 164 Å². The topological polar surface area (TPSA) is 288 Å². The van der Waals surface area contributed by atoms with E-state index in [0.29, 0.717) is 61.0 Å². The van der Waals surface area contributed by atoms with Crippen molar-refractivity contribution in [3.63, 3.8) is 0 Å². The zero-order valence-electron chi connectivity index (χ0n) is 64.7. The number of aromatic nitrogens is 6. The highest BCUT2D eigenvalue weighted by Gasteiger charge is 2.42. The molecule has 4 amide bonds. The third kappa shape index (κ3) is 23.6. The van der Waals surface area contributed by atoms with Crippen molar-refractivity contribution >= 4 is 86.4 Å². The van der Waals surface area contributed by atoms with Crippen LogP contribution in [0.1, 0.15) is 145 Å². The van der Waals surface area contributed by atoms with Crippen LogP contribution in [0.3, 0.4) is 0 Å². The molecule has 4 N–H and O–H groups in total. The highest BCUT2D eigenvalue weighted by atomic mass is 32.2. The molecule has 3 saturated heterocycles. The number of fused-ring (bicyclic) bond motifs is 3. The lowest BCUT2D eigenvalue weighted by Crippen LogP contribution is -2.42. The Morgan fingerprint density at radius 2 is 0.718 bits per heavy atom. The monoisotopic (exact) mass is 1710 g/mol. The average Bonchev–Trinajstić information content (AvgIpc) is 1.63. The van der Waals surface area contributed by atoms with Crippen molar-refractivity contribution in [1.82, 2.24) is 59.7 Å². The maximum absolute atomic E-state index is 14.0. The van der Waals surface area contributed by atoms with E-state index in [1.165, 1.54) is 107 Å². The van der Waals surface area contributed by atoms with E-state index >= 15 is 0 Å². The van der Waals surface area contributed by atoms with Crippen molar-refractivity contribution in [2.75, 3.05) is 63.1 Å². The smallest absolute Gasteiger partial charge is 0.444 e. The number of carbonyl (C=O) groups is 4. The van der Waals surface area contributed by atoms with Crippen molar-refractivity contribution < 1.29 is 102 Å². The number of nitrogens with one attached hydrogen (secondary N) is 4. The van der Waals surface area contributed by atoms with Crippen molar-refractivity contribution in [3.8, 4) is 0 Å². The van der Waals surface area contributed by atoms with Gasteiger partial charge in [0.15, 0.2) is 29.5 Å². The second-order valence-corrected chi connectivity index (χ2v) is 36.7. The normalized spacial score (nSPS) is 15.5. The minimum atomic E-state index is -4.77. The summed E-state index contributed by atoms with van der Waals surface area (Å²) in [6.07, 6.45) is -15.6. The maximum atomic E-state index is 14.0. The molecule has 3 aliphatic heterocycles. The zero-order valence-corrected chi connectivity index (χ0v) is 67.2. The summed E-state index contributed by atoms with van der Waals surface area (Å²) in [7, 11) is -10.0. The summed E-state index contributed by atoms with van der Waals surface area (Å²) in [5, 5.41) is 11.3. The van der Waals surface area contributed by atoms with Crippen LogP contribution in [-0.4, -0.2) is 162 Å². The van der Waals surface area contributed by atoms with Crippen molar-refractivity contribution in [2.24, 2.45) is 17.8 Å². The zero-order chi connectivity index (χ0) is 85.4. The minimum Gasteiger partial charge on any atom is -0.444 e. The third-order valence-electron chi connectivity index (χ3n) is 20.3. The van der Waals surface area contributed by atoms with Gasteiger partial charge in [0, 0.05) is 69.0 Å². The van der Waals surface area contributed by atoms with Gasteiger partial charge in [0.2, 0.25) is 17.5 Å². The fourth-order valence-electron chi connectivity index (χ4n) is 13.9. The first-order chi connectivity index (χ1) is 54.8. The lowest BCUT2D eigenvalue weighted by Gasteiger charge is -2.33. The molecule has 0 unspecified atom stereocenters. The van der Waals surface area contributed by atoms with E-state index in [2.05, 4.69) is 36.2 Å². The highest BCUT2D eigenvalue weighted by Crippen LogP contribution is 2.38. The van der Waals surface area contributed by atoms with Gasteiger partial charge in [-0.3, -0.25) is 19.3 Å². The van der Waals surface area contributed by atoms with Gasteiger partial charge in [0.05, 0.1) is 71.6 Å². The Kier molecular flexibility index (Phi) is 28.1. The molecule has 0 saturated carbocycles. The molecule has 12 rings (SSSR count). The number of piperidine rings is 3. The van der Waals surface area contributed by atoms with Crippen LogP contribution >= 0.6 is 0 Å². The Balaban J connectivity index is 0.000000186. The predicted octanol–water partition coefficient (Wildman–Crippen LogP) is 14.3. The second-order valence-electron chi connectivity index (χ2n) is 29.9. The summed E-state index contributed by atoms with van der Waals surface area (Å²) in [4.78, 5) is 65.4. The first kappa shape index (κ1) is 89.7. The van der Waals surface area contributed by atoms with E-state index in [0.717, 1.165) is 35.1 Å². The first-order valence-corrected chi connectivity index (χ1v) is 42.8. The maximum Gasteiger partial charge on any atom is 0.449 e. The number of carbonyl (C=O) groups excluding carboxylic acids is 4. The molecule has 6 aromatic carbocycles. The number of likely N-dealkylation sites (tertiary alicyclic amines) is 2. The molecule has 117 heavy (non-hydrogen) atoms. The van der Waals surface area contributed by atoms with Gasteiger partial charge in [0.25, 0.3) is 17.7 Å². The second kappa shape index (κ2) is 36.7. The van der Waals surface area contributed by atoms with Crippen LogP contribution < -0.4 is 21.3 Å². The number of hydrogen-bond donors (Lipinski definition) is 4. The van der Waals surface area contributed by atoms with Crippen LogP contribution in [0.2, 0.25) is 0 Å². The summed E-state index contributed by atoms with van der Waals surface area (Å²) >= 11 is 0. The molecule has 3 aromatic heterocycles. The number of amides is 4. The number of rotatable bonds is 22. The molecule has 9 aromatic rings. The molecule has 0 bridgehead atoms. The van der Waals surface area contributed by atoms with Crippen LogP contribution in [0.4, 0.5) is 57.5 Å². The molecule has 634 valence electrons. The lowest BCUT2D eigenvalue weighted by molar-refractivity contribution is -0.150. The summed E-state index contributed by atoms with van der Waals surface area (Å²) in [5.41, 5.74) is 2.74. The molecule has 0 spiro atoms. The van der Waals surface area contributed by atoms with Gasteiger partial charge in [-0.15, -0.1) is 0 Å². The van der Waals surface area contributed by atoms with E-state index in [1.807, 2.05) is 0 Å². The van der Waals surface area contributed by atoms with Crippen LogP contribution in [0.5, 0.6) is 0 Å². The third-order valence-corrected chi connectivity index (χ3v) is 25.5. The fraction of sp³-hybridized carbons (Fsp3) is 0.456. The quantitative estimate of drug-likeness (QED) is 0.0459. The number of hydrogen-bond acceptors (Lipinski definition) is 16. The van der Waals surface area contributed by atoms with Crippen LogP contribution in [0, 0.1) is 17.8 Å². The molecule has 0 atom stereocenters. The number of benzene rings is 6. The van der Waals surface area contributed by atoms with E-state index in [1.54, 1.807) is 75.9 Å². The van der Waals surface area contributed by atoms with Crippen molar-refractivity contribution in [3.05, 3.63) is 178 Å². The molecule has 3 fully saturated rings. The predicted molar refractivity (Wildman–Crippen MR) is 412 cm³/mol. The largest absolute Gasteiger partial charge is 0.449 e. The van der Waals surface area contributed by atoms with E-state index in [-0.39, 0.29) is 146 Å². The molecule has 6 heterocycles. The first-order valence-electron chi connectivity index (χ1n) is 37.8. The Bertz CT molecular complexity index is 5380. The van der Waals surface area contributed by atoms with Crippen LogP contribution in [-0.2, 0) is 92.0 Å². The Hall–Kier alpha value is -9.66. The van der Waals surface area contributed by atoms with Crippen molar-refractivity contribution in [1.29, 1.82) is 0 Å². The van der Waals surface area contributed by atoms with Gasteiger partial charge in [-0.2, -0.15) is 52.7 Å². The number of alkyl halides is 12. The van der Waals surface area contributed by atoms with Crippen LogP contribution in [0.15, 0.2) is 142 Å². The van der Waals surface area contributed by atoms with Gasteiger partial charge in [0.1, 0.15) is 5.60 Å². The lowest BCUT2D eigenvalue weighted by atomic mass is 9.96. The molecule has 38 heteroatoms. The standard InChI is InChI=1S/C29H35F3N4O5S.C26H28F6N4O3S.C24H27F3N4O3S/c1-5-42(39,40)22-9-6-19(7-10-22)17-33-25(37)21-8-11-24-23(16-21)34-26(29(30,31)32)36(24)18-20-12-14-35(15-13-20)27(38)41-28(2,3)4;1-2-40(38,39)20-6-3-17(4-7-20)14-33-23(37)19-5-8-22-21(13-19)34-24(26(30,31)32)36(22)15-18-9-11-35(12-10-18)16-25(27,28)29;1-2-35(33,34)19-6-3-16(4-7-19)14-29-22(32)18-5-8-21-20(13-18)30-23(24(25,26)27)31(21)15-17-9-11-28-12-10-17/h6-11,16,20H,5,12-15,17-18H2,1-4H3,(H,33,37);3-8,13,18H,2,9-12,14-16H2,1H3,(H,33,37);3-8,13,17,28H,2,9-12,14-15H2,1H3,(H,29,32). The van der Waals surface area contributed by atoms with Gasteiger partial charge >= 0.3 is 30.8 Å². The van der Waals surface area contributed by atoms with Gasteiger partial charge in [-0.25, -0.2) is 45.0 Å². The van der Waals surface area contributed by atoms with Gasteiger partial charge in [-0.1, -0.05) is 57.2 Å². The number of nitrogens with zero attached hydrogens (tertiary/aromatic N) is 8. The summed E-state index contributed by atoms with van der Waals surface area (Å²) in [6, 6.07) is 31.0. The SMILES string of the molecule is CCS(=O)(=O)c1ccc(CNC(=O)c2ccc3c(c2)nc(C(F)(F)F)n3CC2CCN(C(=O)OC(C)(C)C)CC2)cc1.CCS(=O)(=O)c1ccc(CNC(=O)c2ccc3c(c2)nc(C(F)(F)F)n3CC2CCN(CC(F)(F)F)CC2)cc1.CCS(=O)(=O)c1ccc(CNC(=O)c2ccc3c(c2)nc(C(F)(F)F)n3CC2CCNCC2)cc1. The molecule has 3 aliphatic rings. The summed E-state index contributed by atoms with van der Waals surface area (Å²) < 4.78 is 243. The fourth-order valence-corrected chi connectivity index (χ4v) is 16.5. The molecule has 0 aliphatic carbocycles. The van der Waals surface area contributed by atoms with E-state index < -0.39 is 108 Å². The van der Waals surface area contributed by atoms with E-state index in [9.17, 15) is 97.1 Å². The number of halogens is 12. The molecular weight excluding hydrogens is 1620 g/mol. The molecule has 0 radical (unpaired) electrons. The van der Waals surface area contributed by atoms with Gasteiger partial charge in [-0.05, 0) is 211 Å². The molecule has 23 nitrogen and oxygen atoms in total. The highest BCUT2D eigenvalue weighted by molar-refractivity contribution is 7.92. The Morgan fingerprint density at radius 3 is 0.991 bits per heavy atom. The van der Waals surface area contributed by atoms with E-state index in [4.69, 9.17) is 4.74 Å². The number of sulfone groups is 3. The van der Waals surface area contributed by atoms with Crippen LogP contribution in [0.25, 0.3) is 33.1 Å². The number of ether oxygens (including phenoxy) is 1. The summed E-state index contributed by atoms with van der Waals surface area (Å²) in [5.74, 6) is -4.94. The molecular formula is C79H90F12N12O11S3. The minimum absolute atomic E-state index is 0.00472. The Labute approximate surface area is 668 Å². The Morgan fingerprint density at radius 1 is 0.427 bits per heavy atom. The van der Waals surface area contributed by atoms with Gasteiger partial charge < -0.3 is 44.6 Å². The number of imidazole rings is 3.